The molecule has 0 atom stereocenters. The number of halogens is 2. The predicted molar refractivity (Wildman–Crippen MR) is 78.8 cm³/mol. The third kappa shape index (κ3) is 2.33. The summed E-state index contributed by atoms with van der Waals surface area (Å²) in [6, 6.07) is 15.7. The highest BCUT2D eigenvalue weighted by Gasteiger charge is 2.39. The summed E-state index contributed by atoms with van der Waals surface area (Å²) in [5, 5.41) is 3.35. The van der Waals surface area contributed by atoms with Crippen LogP contribution in [0.1, 0.15) is 11.1 Å². The molecule has 3 heteroatoms. The molecule has 0 spiro atoms. The van der Waals surface area contributed by atoms with Crippen molar-refractivity contribution in [2.45, 2.75) is 11.8 Å². The van der Waals surface area contributed by atoms with Crippen LogP contribution in [-0.4, -0.2) is 13.1 Å². The minimum Gasteiger partial charge on any atom is -0.315 e. The van der Waals surface area contributed by atoms with Crippen molar-refractivity contribution in [3.8, 4) is 0 Å². The summed E-state index contributed by atoms with van der Waals surface area (Å²) in [4.78, 5) is 0. The van der Waals surface area contributed by atoms with Gasteiger partial charge in [-0.2, -0.15) is 0 Å². The van der Waals surface area contributed by atoms with Crippen LogP contribution in [-0.2, 0) is 11.8 Å². The zero-order valence-electron chi connectivity index (χ0n) is 10.5. The van der Waals surface area contributed by atoms with E-state index >= 15 is 0 Å². The van der Waals surface area contributed by atoms with E-state index in [9.17, 15) is 4.39 Å². The van der Waals surface area contributed by atoms with Crippen LogP contribution in [0.3, 0.4) is 0 Å². The lowest BCUT2D eigenvalue weighted by atomic mass is 9.71. The normalized spacial score (nSPS) is 16.9. The molecule has 1 nitrogen and oxygen atoms in total. The van der Waals surface area contributed by atoms with Crippen LogP contribution in [0.4, 0.5) is 4.39 Å². The van der Waals surface area contributed by atoms with Gasteiger partial charge in [0.1, 0.15) is 5.82 Å². The topological polar surface area (TPSA) is 12.0 Å². The van der Waals surface area contributed by atoms with Crippen LogP contribution in [0.15, 0.2) is 53.0 Å². The molecule has 0 radical (unpaired) electrons. The Morgan fingerprint density at radius 3 is 2.42 bits per heavy atom. The van der Waals surface area contributed by atoms with Crippen molar-refractivity contribution in [1.82, 2.24) is 5.32 Å². The fourth-order valence-electron chi connectivity index (χ4n) is 2.70. The lowest BCUT2D eigenvalue weighted by Crippen LogP contribution is -2.58. The Labute approximate surface area is 121 Å². The largest absolute Gasteiger partial charge is 0.315 e. The molecule has 0 saturated carbocycles. The SMILES string of the molecule is Fc1cccc(CC2(c3ccccc3)CNC2)c1Br. The summed E-state index contributed by atoms with van der Waals surface area (Å²) < 4.78 is 14.2. The molecule has 0 bridgehead atoms. The summed E-state index contributed by atoms with van der Waals surface area (Å²) in [5.41, 5.74) is 2.45. The highest BCUT2D eigenvalue weighted by atomic mass is 79.9. The molecule has 2 aromatic carbocycles. The van der Waals surface area contributed by atoms with Crippen LogP contribution >= 0.6 is 15.9 Å². The van der Waals surface area contributed by atoms with Gasteiger partial charge in [0.15, 0.2) is 0 Å². The van der Waals surface area contributed by atoms with E-state index < -0.39 is 0 Å². The van der Waals surface area contributed by atoms with Gasteiger partial charge in [-0.1, -0.05) is 42.5 Å². The van der Waals surface area contributed by atoms with Crippen molar-refractivity contribution in [2.75, 3.05) is 13.1 Å². The van der Waals surface area contributed by atoms with E-state index in [0.717, 1.165) is 25.1 Å². The summed E-state index contributed by atoms with van der Waals surface area (Å²) in [6.07, 6.45) is 0.850. The Morgan fingerprint density at radius 1 is 1.05 bits per heavy atom. The number of benzene rings is 2. The maximum absolute atomic E-state index is 13.6. The van der Waals surface area contributed by atoms with Gasteiger partial charge in [0.25, 0.3) is 0 Å². The van der Waals surface area contributed by atoms with Crippen molar-refractivity contribution in [2.24, 2.45) is 0 Å². The van der Waals surface area contributed by atoms with Crippen molar-refractivity contribution < 1.29 is 4.39 Å². The molecule has 1 heterocycles. The highest BCUT2D eigenvalue weighted by molar-refractivity contribution is 9.10. The number of hydrogen-bond acceptors (Lipinski definition) is 1. The summed E-state index contributed by atoms with van der Waals surface area (Å²) in [7, 11) is 0. The van der Waals surface area contributed by atoms with E-state index in [1.54, 1.807) is 6.07 Å². The van der Waals surface area contributed by atoms with Crippen molar-refractivity contribution in [3.63, 3.8) is 0 Å². The van der Waals surface area contributed by atoms with Crippen LogP contribution in [0, 0.1) is 5.82 Å². The van der Waals surface area contributed by atoms with Gasteiger partial charge in [0.05, 0.1) is 4.47 Å². The Bertz CT molecular complexity index is 579. The third-order valence-electron chi connectivity index (χ3n) is 3.87. The molecule has 0 amide bonds. The lowest BCUT2D eigenvalue weighted by Gasteiger charge is -2.43. The Balaban J connectivity index is 1.94. The van der Waals surface area contributed by atoms with Crippen molar-refractivity contribution in [3.05, 3.63) is 69.9 Å². The van der Waals surface area contributed by atoms with Gasteiger partial charge in [0, 0.05) is 18.5 Å². The fraction of sp³-hybridized carbons (Fsp3) is 0.250. The molecular formula is C16H15BrFN. The molecule has 1 N–H and O–H groups in total. The molecule has 0 unspecified atom stereocenters. The molecule has 3 rings (SSSR count). The molecule has 1 saturated heterocycles. The molecule has 19 heavy (non-hydrogen) atoms. The molecule has 1 aliphatic heterocycles. The van der Waals surface area contributed by atoms with Crippen LogP contribution in [0.2, 0.25) is 0 Å². The van der Waals surface area contributed by atoms with E-state index in [-0.39, 0.29) is 11.2 Å². The molecule has 0 aliphatic carbocycles. The Hall–Kier alpha value is -1.19. The van der Waals surface area contributed by atoms with Gasteiger partial charge in [-0.3, -0.25) is 0 Å². The zero-order chi connectivity index (χ0) is 13.3. The quantitative estimate of drug-likeness (QED) is 0.910. The van der Waals surface area contributed by atoms with Gasteiger partial charge in [-0.15, -0.1) is 0 Å². The zero-order valence-corrected chi connectivity index (χ0v) is 12.1. The van der Waals surface area contributed by atoms with Crippen LogP contribution < -0.4 is 5.32 Å². The number of rotatable bonds is 3. The fourth-order valence-corrected chi connectivity index (χ4v) is 3.10. The second kappa shape index (κ2) is 5.06. The molecule has 1 aliphatic rings. The monoisotopic (exact) mass is 319 g/mol. The van der Waals surface area contributed by atoms with Gasteiger partial charge >= 0.3 is 0 Å². The van der Waals surface area contributed by atoms with Gasteiger partial charge in [-0.05, 0) is 39.5 Å². The van der Waals surface area contributed by atoms with E-state index in [2.05, 4.69) is 45.5 Å². The average molecular weight is 320 g/mol. The first-order chi connectivity index (χ1) is 9.21. The van der Waals surface area contributed by atoms with Gasteiger partial charge < -0.3 is 5.32 Å². The minimum absolute atomic E-state index is 0.0948. The van der Waals surface area contributed by atoms with E-state index in [1.165, 1.54) is 11.6 Å². The number of hydrogen-bond donors (Lipinski definition) is 1. The molecule has 98 valence electrons. The van der Waals surface area contributed by atoms with Crippen molar-refractivity contribution in [1.29, 1.82) is 0 Å². The first kappa shape index (κ1) is 12.8. The van der Waals surface area contributed by atoms with Crippen molar-refractivity contribution >= 4 is 15.9 Å². The average Bonchev–Trinajstić information content (AvgIpc) is 2.40. The second-order valence-corrected chi connectivity index (χ2v) is 5.93. The van der Waals surface area contributed by atoms with Crippen LogP contribution in [0.5, 0.6) is 0 Å². The highest BCUT2D eigenvalue weighted by Crippen LogP contribution is 2.35. The van der Waals surface area contributed by atoms with E-state index in [4.69, 9.17) is 0 Å². The second-order valence-electron chi connectivity index (χ2n) is 5.14. The third-order valence-corrected chi connectivity index (χ3v) is 4.76. The van der Waals surface area contributed by atoms with Gasteiger partial charge in [-0.25, -0.2) is 4.39 Å². The summed E-state index contributed by atoms with van der Waals surface area (Å²) in [6.45, 7) is 1.89. The first-order valence-corrected chi connectivity index (χ1v) is 7.20. The summed E-state index contributed by atoms with van der Waals surface area (Å²) >= 11 is 3.36. The standard InChI is InChI=1S/C16H15BrFN/c17-15-12(5-4-8-14(15)18)9-16(10-19-11-16)13-6-2-1-3-7-13/h1-8,19H,9-11H2. The Kier molecular flexibility index (Phi) is 3.42. The lowest BCUT2D eigenvalue weighted by molar-refractivity contribution is 0.274. The smallest absolute Gasteiger partial charge is 0.137 e. The first-order valence-electron chi connectivity index (χ1n) is 6.40. The minimum atomic E-state index is -0.187. The molecule has 2 aromatic rings. The van der Waals surface area contributed by atoms with Gasteiger partial charge in [0.2, 0.25) is 0 Å². The number of nitrogens with one attached hydrogen (secondary N) is 1. The Morgan fingerprint density at radius 2 is 1.79 bits per heavy atom. The molecule has 1 fully saturated rings. The maximum Gasteiger partial charge on any atom is 0.137 e. The van der Waals surface area contributed by atoms with Crippen LogP contribution in [0.25, 0.3) is 0 Å². The van der Waals surface area contributed by atoms with E-state index in [0.29, 0.717) is 4.47 Å². The molecule has 0 aromatic heterocycles. The maximum atomic E-state index is 13.6. The molecular weight excluding hydrogens is 305 g/mol. The van der Waals surface area contributed by atoms with E-state index in [1.807, 2.05) is 12.1 Å². The summed E-state index contributed by atoms with van der Waals surface area (Å²) in [5.74, 6) is -0.187. The predicted octanol–water partition coefficient (Wildman–Crippen LogP) is 3.67.